The van der Waals surface area contributed by atoms with Gasteiger partial charge in [0, 0.05) is 17.6 Å². The summed E-state index contributed by atoms with van der Waals surface area (Å²) < 4.78 is 36.9. The van der Waals surface area contributed by atoms with Gasteiger partial charge in [-0.3, -0.25) is 9.10 Å². The normalized spacial score (nSPS) is 10.9. The molecule has 0 N–H and O–H groups in total. The van der Waals surface area contributed by atoms with Gasteiger partial charge in [0.15, 0.2) is 19.0 Å². The molecule has 0 heterocycles. The van der Waals surface area contributed by atoms with E-state index < -0.39 is 16.0 Å². The topological polar surface area (TPSA) is 90.0 Å². The van der Waals surface area contributed by atoms with Gasteiger partial charge in [-0.1, -0.05) is 41.9 Å². The zero-order chi connectivity index (χ0) is 23.1. The van der Waals surface area contributed by atoms with E-state index in [9.17, 15) is 18.0 Å². The highest BCUT2D eigenvalue weighted by atomic mass is 35.5. The fourth-order valence-corrected chi connectivity index (χ4v) is 4.01. The van der Waals surface area contributed by atoms with Crippen molar-refractivity contribution in [1.82, 2.24) is 0 Å². The largest absolute Gasteiger partial charge is 0.482 e. The molecule has 9 heteroatoms. The SMILES string of the molecule is CN(c1ccc(OCC(=O)OCC(=O)c2ccccc2)cc1)S(=O)(=O)c1ccc(Cl)cc1. The number of hydrogen-bond acceptors (Lipinski definition) is 6. The van der Waals surface area contributed by atoms with E-state index in [1.807, 2.05) is 0 Å². The number of ether oxygens (including phenoxy) is 2. The summed E-state index contributed by atoms with van der Waals surface area (Å²) in [6, 6.07) is 20.5. The van der Waals surface area contributed by atoms with Crippen molar-refractivity contribution in [3.05, 3.63) is 89.4 Å². The number of benzene rings is 3. The number of carbonyl (C=O) groups is 2. The molecule has 3 rings (SSSR count). The minimum Gasteiger partial charge on any atom is -0.482 e. The number of sulfonamides is 1. The molecule has 0 aliphatic carbocycles. The summed E-state index contributed by atoms with van der Waals surface area (Å²) in [5, 5.41) is 0.441. The third kappa shape index (κ3) is 5.87. The lowest BCUT2D eigenvalue weighted by Crippen LogP contribution is -2.26. The summed E-state index contributed by atoms with van der Waals surface area (Å²) in [7, 11) is -2.33. The number of halogens is 1. The number of carbonyl (C=O) groups excluding carboxylic acids is 2. The second kappa shape index (κ2) is 10.3. The lowest BCUT2D eigenvalue weighted by Gasteiger charge is -2.20. The molecule has 0 unspecified atom stereocenters. The summed E-state index contributed by atoms with van der Waals surface area (Å²) in [4.78, 5) is 23.9. The number of esters is 1. The highest BCUT2D eigenvalue weighted by Gasteiger charge is 2.21. The van der Waals surface area contributed by atoms with E-state index in [2.05, 4.69) is 0 Å². The maximum atomic E-state index is 12.7. The molecule has 0 aromatic heterocycles. The van der Waals surface area contributed by atoms with E-state index in [1.54, 1.807) is 42.5 Å². The van der Waals surface area contributed by atoms with Crippen LogP contribution in [0.5, 0.6) is 5.75 Å². The van der Waals surface area contributed by atoms with Crippen LogP contribution in [0.2, 0.25) is 5.02 Å². The Hall–Kier alpha value is -3.36. The molecule has 166 valence electrons. The van der Waals surface area contributed by atoms with Crippen LogP contribution >= 0.6 is 11.6 Å². The van der Waals surface area contributed by atoms with Gasteiger partial charge in [0.2, 0.25) is 0 Å². The lowest BCUT2D eigenvalue weighted by molar-refractivity contribution is -0.144. The Morgan fingerprint density at radius 2 is 1.50 bits per heavy atom. The van der Waals surface area contributed by atoms with Gasteiger partial charge in [0.05, 0.1) is 10.6 Å². The van der Waals surface area contributed by atoms with Crippen molar-refractivity contribution >= 4 is 39.1 Å². The zero-order valence-electron chi connectivity index (χ0n) is 17.1. The molecule has 0 amide bonds. The monoisotopic (exact) mass is 473 g/mol. The van der Waals surface area contributed by atoms with Crippen LogP contribution in [0, 0.1) is 0 Å². The molecule has 0 bridgehead atoms. The number of nitrogens with zero attached hydrogens (tertiary/aromatic N) is 1. The maximum absolute atomic E-state index is 12.7. The Kier molecular flexibility index (Phi) is 7.50. The molecule has 0 saturated carbocycles. The minimum atomic E-state index is -3.76. The summed E-state index contributed by atoms with van der Waals surface area (Å²) in [5.74, 6) is -0.661. The lowest BCUT2D eigenvalue weighted by atomic mass is 10.1. The predicted molar refractivity (Wildman–Crippen MR) is 121 cm³/mol. The van der Waals surface area contributed by atoms with Crippen LogP contribution in [0.1, 0.15) is 10.4 Å². The average molecular weight is 474 g/mol. The maximum Gasteiger partial charge on any atom is 0.344 e. The molecule has 0 fully saturated rings. The van der Waals surface area contributed by atoms with Crippen molar-refractivity contribution in [3.63, 3.8) is 0 Å². The van der Waals surface area contributed by atoms with Gasteiger partial charge in [-0.15, -0.1) is 0 Å². The van der Waals surface area contributed by atoms with Crippen LogP contribution in [0.3, 0.4) is 0 Å². The number of anilines is 1. The number of ketones is 1. The smallest absolute Gasteiger partial charge is 0.344 e. The molecule has 0 saturated heterocycles. The molecule has 0 aliphatic rings. The molecule has 0 aliphatic heterocycles. The third-order valence-electron chi connectivity index (χ3n) is 4.49. The van der Waals surface area contributed by atoms with E-state index in [1.165, 1.54) is 43.4 Å². The first-order valence-corrected chi connectivity index (χ1v) is 11.3. The van der Waals surface area contributed by atoms with Crippen LogP contribution in [0.4, 0.5) is 5.69 Å². The van der Waals surface area contributed by atoms with E-state index in [4.69, 9.17) is 21.1 Å². The first-order chi connectivity index (χ1) is 15.3. The first-order valence-electron chi connectivity index (χ1n) is 9.48. The molecule has 32 heavy (non-hydrogen) atoms. The minimum absolute atomic E-state index is 0.109. The summed E-state index contributed by atoms with van der Waals surface area (Å²) in [6.07, 6.45) is 0. The quantitative estimate of drug-likeness (QED) is 0.345. The Bertz CT molecular complexity index is 1180. The van der Waals surface area contributed by atoms with E-state index >= 15 is 0 Å². The number of Topliss-reactive ketones (excluding diaryl/α,β-unsaturated/α-hetero) is 1. The van der Waals surface area contributed by atoms with E-state index in [0.717, 1.165) is 4.31 Å². The van der Waals surface area contributed by atoms with Crippen molar-refractivity contribution in [3.8, 4) is 5.75 Å². The fourth-order valence-electron chi connectivity index (χ4n) is 2.69. The fraction of sp³-hybridized carbons (Fsp3) is 0.130. The Labute approximate surface area is 191 Å². The van der Waals surface area contributed by atoms with Crippen LogP contribution < -0.4 is 9.04 Å². The summed E-state index contributed by atoms with van der Waals surface area (Å²) >= 11 is 5.82. The van der Waals surface area contributed by atoms with Crippen molar-refractivity contribution in [2.75, 3.05) is 24.6 Å². The van der Waals surface area contributed by atoms with Crippen LogP contribution in [-0.2, 0) is 19.6 Å². The van der Waals surface area contributed by atoms with Gasteiger partial charge in [-0.25, -0.2) is 13.2 Å². The molecule has 0 radical (unpaired) electrons. The van der Waals surface area contributed by atoms with Gasteiger partial charge in [0.25, 0.3) is 10.0 Å². The standard InChI is InChI=1S/C23H20ClNO6S/c1-25(32(28,29)21-13-7-18(24)8-14-21)19-9-11-20(12-10-19)30-16-23(27)31-15-22(26)17-5-3-2-4-6-17/h2-14H,15-16H2,1H3. The van der Waals surface area contributed by atoms with Crippen LogP contribution in [0.15, 0.2) is 83.8 Å². The Morgan fingerprint density at radius 3 is 2.12 bits per heavy atom. The van der Waals surface area contributed by atoms with Gasteiger partial charge in [0.1, 0.15) is 5.75 Å². The van der Waals surface area contributed by atoms with E-state index in [-0.39, 0.29) is 23.9 Å². The van der Waals surface area contributed by atoms with Crippen LogP contribution in [0.25, 0.3) is 0 Å². The second-order valence-corrected chi connectivity index (χ2v) is 9.06. The average Bonchev–Trinajstić information content (AvgIpc) is 2.82. The van der Waals surface area contributed by atoms with Crippen LogP contribution in [-0.4, -0.2) is 40.4 Å². The van der Waals surface area contributed by atoms with Crippen molar-refractivity contribution in [2.45, 2.75) is 4.90 Å². The molecular weight excluding hydrogens is 454 g/mol. The van der Waals surface area contributed by atoms with E-state index in [0.29, 0.717) is 22.0 Å². The zero-order valence-corrected chi connectivity index (χ0v) is 18.7. The Morgan fingerprint density at radius 1 is 0.875 bits per heavy atom. The predicted octanol–water partition coefficient (Wildman–Crippen LogP) is 3.97. The molecule has 0 atom stereocenters. The molecule has 3 aromatic rings. The number of hydrogen-bond donors (Lipinski definition) is 0. The first kappa shape index (κ1) is 23.3. The summed E-state index contributed by atoms with van der Waals surface area (Å²) in [5.41, 5.74) is 0.859. The van der Waals surface area contributed by atoms with Gasteiger partial charge in [-0.05, 0) is 48.5 Å². The highest BCUT2D eigenvalue weighted by Crippen LogP contribution is 2.25. The second-order valence-electron chi connectivity index (χ2n) is 6.66. The third-order valence-corrected chi connectivity index (χ3v) is 6.54. The van der Waals surface area contributed by atoms with Gasteiger partial charge >= 0.3 is 5.97 Å². The molecule has 3 aromatic carbocycles. The molecule has 7 nitrogen and oxygen atoms in total. The summed E-state index contributed by atoms with van der Waals surface area (Å²) in [6.45, 7) is -0.765. The van der Waals surface area contributed by atoms with Crippen molar-refractivity contribution in [1.29, 1.82) is 0 Å². The number of rotatable bonds is 9. The highest BCUT2D eigenvalue weighted by molar-refractivity contribution is 7.92. The van der Waals surface area contributed by atoms with Gasteiger partial charge in [-0.2, -0.15) is 0 Å². The van der Waals surface area contributed by atoms with Gasteiger partial charge < -0.3 is 9.47 Å². The Balaban J connectivity index is 1.53. The van der Waals surface area contributed by atoms with Crippen molar-refractivity contribution < 1.29 is 27.5 Å². The van der Waals surface area contributed by atoms with Crippen molar-refractivity contribution in [2.24, 2.45) is 0 Å². The molecule has 0 spiro atoms. The molecular formula is C23H20ClNO6S.